The molecular weight excluding hydrogens is 350 g/mol. The maximum atomic E-state index is 5.58. The predicted molar refractivity (Wildman–Crippen MR) is 92.7 cm³/mol. The van der Waals surface area contributed by atoms with E-state index in [-0.39, 0.29) is 0 Å². The van der Waals surface area contributed by atoms with Gasteiger partial charge < -0.3 is 10.3 Å². The quantitative estimate of drug-likeness (QED) is 0.602. The van der Waals surface area contributed by atoms with Gasteiger partial charge in [-0.1, -0.05) is 6.92 Å². The fraction of sp³-hybridized carbons (Fsp3) is 0.429. The highest BCUT2D eigenvalue weighted by Gasteiger charge is 2.14. The number of rotatable bonds is 6. The van der Waals surface area contributed by atoms with E-state index in [1.54, 1.807) is 11.3 Å². The topological polar surface area (TPSA) is 67.1 Å². The maximum Gasteiger partial charge on any atom is 0.148 e. The Hall–Kier alpha value is -1.18. The zero-order valence-corrected chi connectivity index (χ0v) is 14.9. The summed E-state index contributed by atoms with van der Waals surface area (Å²) >= 11 is 5.22. The van der Waals surface area contributed by atoms with Crippen LogP contribution in [0.2, 0.25) is 0 Å². The number of thiophene rings is 1. The lowest BCUT2D eigenvalue weighted by atomic mass is 10.2. The van der Waals surface area contributed by atoms with Gasteiger partial charge in [-0.2, -0.15) is 0 Å². The Morgan fingerprint density at radius 2 is 2.19 bits per heavy atom. The van der Waals surface area contributed by atoms with Crippen molar-refractivity contribution in [3.8, 4) is 0 Å². The number of hydrogen-bond donors (Lipinski definition) is 2. The van der Waals surface area contributed by atoms with E-state index in [0.717, 1.165) is 41.1 Å². The van der Waals surface area contributed by atoms with Crippen LogP contribution in [-0.2, 0) is 13.0 Å². The van der Waals surface area contributed by atoms with Crippen molar-refractivity contribution in [2.75, 3.05) is 17.4 Å². The van der Waals surface area contributed by atoms with E-state index in [9.17, 15) is 0 Å². The number of nitrogens with zero attached hydrogens (tertiary/aromatic N) is 3. The Labute approximate surface area is 137 Å². The third-order valence-electron chi connectivity index (χ3n) is 3.15. The summed E-state index contributed by atoms with van der Waals surface area (Å²) in [6.45, 7) is 4.91. The van der Waals surface area contributed by atoms with Gasteiger partial charge in [0.25, 0.3) is 0 Å². The van der Waals surface area contributed by atoms with Gasteiger partial charge in [-0.25, -0.2) is 15.8 Å². The average Bonchev–Trinajstić information content (AvgIpc) is 2.86. The van der Waals surface area contributed by atoms with E-state index in [1.807, 2.05) is 14.0 Å². The van der Waals surface area contributed by atoms with Gasteiger partial charge in [-0.3, -0.25) is 0 Å². The highest BCUT2D eigenvalue weighted by molar-refractivity contribution is 9.10. The second kappa shape index (κ2) is 7.20. The monoisotopic (exact) mass is 369 g/mol. The normalized spacial score (nSPS) is 10.7. The summed E-state index contributed by atoms with van der Waals surface area (Å²) in [5.41, 5.74) is 3.64. The lowest BCUT2D eigenvalue weighted by Gasteiger charge is -2.21. The van der Waals surface area contributed by atoms with Gasteiger partial charge in [-0.05, 0) is 35.3 Å². The first-order valence-electron chi connectivity index (χ1n) is 6.83. The molecule has 2 heterocycles. The van der Waals surface area contributed by atoms with Crippen LogP contribution in [0.5, 0.6) is 0 Å². The van der Waals surface area contributed by atoms with E-state index in [1.165, 1.54) is 4.88 Å². The van der Waals surface area contributed by atoms with Gasteiger partial charge in [0.1, 0.15) is 17.5 Å². The molecule has 21 heavy (non-hydrogen) atoms. The fourth-order valence-corrected chi connectivity index (χ4v) is 3.65. The highest BCUT2D eigenvalue weighted by atomic mass is 79.9. The molecule has 0 spiro atoms. The smallest absolute Gasteiger partial charge is 0.148 e. The largest absolute Gasteiger partial charge is 0.354 e. The van der Waals surface area contributed by atoms with Crippen molar-refractivity contribution in [3.63, 3.8) is 0 Å². The molecule has 0 unspecified atom stereocenters. The van der Waals surface area contributed by atoms with Gasteiger partial charge in [0.05, 0.1) is 6.54 Å². The van der Waals surface area contributed by atoms with Crippen LogP contribution in [0.1, 0.15) is 29.6 Å². The SMILES string of the molecule is CCCc1nc(NN)c(C)c(N(C)Cc2cc(Br)cs2)n1. The second-order valence-corrected chi connectivity index (χ2v) is 6.83. The number of halogens is 1. The predicted octanol–water partition coefficient (Wildman–Crippen LogP) is 3.48. The molecule has 2 rings (SSSR count). The summed E-state index contributed by atoms with van der Waals surface area (Å²) in [5.74, 6) is 8.02. The van der Waals surface area contributed by atoms with Gasteiger partial charge in [0.15, 0.2) is 0 Å². The first-order chi connectivity index (χ1) is 10.0. The molecule has 0 aliphatic rings. The summed E-state index contributed by atoms with van der Waals surface area (Å²) < 4.78 is 1.12. The number of aryl methyl sites for hydroxylation is 1. The van der Waals surface area contributed by atoms with Crippen molar-refractivity contribution in [1.29, 1.82) is 0 Å². The molecule has 0 aromatic carbocycles. The standard InChI is InChI=1S/C14H20BrN5S/c1-4-5-12-17-13(19-16)9(2)14(18-12)20(3)7-11-6-10(15)8-21-11/h6,8H,4-5,7,16H2,1-3H3,(H,17,18,19). The number of hydrazine groups is 1. The number of nitrogen functional groups attached to an aromatic ring is 1. The Bertz CT molecular complexity index is 613. The molecule has 0 saturated heterocycles. The Balaban J connectivity index is 2.29. The molecule has 114 valence electrons. The van der Waals surface area contributed by atoms with Crippen molar-refractivity contribution in [3.05, 3.63) is 32.2 Å². The zero-order chi connectivity index (χ0) is 15.4. The molecule has 0 radical (unpaired) electrons. The lowest BCUT2D eigenvalue weighted by molar-refractivity contribution is 0.809. The molecule has 0 saturated carbocycles. The minimum absolute atomic E-state index is 0.697. The first kappa shape index (κ1) is 16.2. The molecule has 0 aliphatic carbocycles. The first-order valence-corrected chi connectivity index (χ1v) is 8.50. The van der Waals surface area contributed by atoms with Gasteiger partial charge in [0.2, 0.25) is 0 Å². The third kappa shape index (κ3) is 3.93. The minimum Gasteiger partial charge on any atom is -0.354 e. The van der Waals surface area contributed by atoms with Crippen LogP contribution in [0.15, 0.2) is 15.9 Å². The molecule has 2 aromatic heterocycles. The van der Waals surface area contributed by atoms with Crippen molar-refractivity contribution in [1.82, 2.24) is 9.97 Å². The van der Waals surface area contributed by atoms with Crippen LogP contribution in [0.3, 0.4) is 0 Å². The van der Waals surface area contributed by atoms with Crippen molar-refractivity contribution in [2.24, 2.45) is 5.84 Å². The summed E-state index contributed by atoms with van der Waals surface area (Å²) in [7, 11) is 2.04. The number of nitrogens with two attached hydrogens (primary N) is 1. The second-order valence-electron chi connectivity index (χ2n) is 4.92. The fourth-order valence-electron chi connectivity index (χ4n) is 2.14. The molecule has 7 heteroatoms. The lowest BCUT2D eigenvalue weighted by Crippen LogP contribution is -2.21. The summed E-state index contributed by atoms with van der Waals surface area (Å²) in [4.78, 5) is 12.6. The van der Waals surface area contributed by atoms with Crippen molar-refractivity contribution < 1.29 is 0 Å². The van der Waals surface area contributed by atoms with Gasteiger partial charge in [0, 0.05) is 33.8 Å². The molecule has 0 bridgehead atoms. The molecular formula is C14H20BrN5S. The number of aromatic nitrogens is 2. The third-order valence-corrected chi connectivity index (χ3v) is 4.84. The zero-order valence-electron chi connectivity index (χ0n) is 12.5. The number of anilines is 2. The van der Waals surface area contributed by atoms with Crippen molar-refractivity contribution in [2.45, 2.75) is 33.2 Å². The average molecular weight is 370 g/mol. The molecule has 3 N–H and O–H groups in total. The maximum absolute atomic E-state index is 5.58. The molecule has 0 amide bonds. The van der Waals surface area contributed by atoms with Crippen molar-refractivity contribution >= 4 is 38.9 Å². The molecule has 5 nitrogen and oxygen atoms in total. The molecule has 0 aliphatic heterocycles. The van der Waals surface area contributed by atoms with E-state index in [2.05, 4.69) is 54.6 Å². The highest BCUT2D eigenvalue weighted by Crippen LogP contribution is 2.26. The van der Waals surface area contributed by atoms with Gasteiger partial charge in [-0.15, -0.1) is 11.3 Å². The summed E-state index contributed by atoms with van der Waals surface area (Å²) in [5, 5.41) is 2.09. The number of nitrogens with one attached hydrogen (secondary N) is 1. The van der Waals surface area contributed by atoms with E-state index in [4.69, 9.17) is 5.84 Å². The van der Waals surface area contributed by atoms with Crippen LogP contribution >= 0.6 is 27.3 Å². The van der Waals surface area contributed by atoms with E-state index < -0.39 is 0 Å². The van der Waals surface area contributed by atoms with E-state index >= 15 is 0 Å². The number of hydrogen-bond acceptors (Lipinski definition) is 6. The summed E-state index contributed by atoms with van der Waals surface area (Å²) in [6.07, 6.45) is 1.86. The summed E-state index contributed by atoms with van der Waals surface area (Å²) in [6, 6.07) is 2.13. The van der Waals surface area contributed by atoms with E-state index in [0.29, 0.717) is 5.82 Å². The minimum atomic E-state index is 0.697. The molecule has 2 aromatic rings. The van der Waals surface area contributed by atoms with Crippen LogP contribution in [0, 0.1) is 6.92 Å². The Morgan fingerprint density at radius 1 is 1.43 bits per heavy atom. The Kier molecular flexibility index (Phi) is 5.55. The van der Waals surface area contributed by atoms with Crippen LogP contribution in [0.25, 0.3) is 0 Å². The molecule has 0 fully saturated rings. The van der Waals surface area contributed by atoms with Crippen LogP contribution < -0.4 is 16.2 Å². The Morgan fingerprint density at radius 3 is 2.76 bits per heavy atom. The molecule has 0 atom stereocenters. The van der Waals surface area contributed by atoms with Crippen LogP contribution in [-0.4, -0.2) is 17.0 Å². The van der Waals surface area contributed by atoms with Crippen LogP contribution in [0.4, 0.5) is 11.6 Å². The van der Waals surface area contributed by atoms with Gasteiger partial charge >= 0.3 is 0 Å².